The van der Waals surface area contributed by atoms with Crippen LogP contribution in [0.3, 0.4) is 0 Å². The average Bonchev–Trinajstić information content (AvgIpc) is 2.71. The Kier molecular flexibility index (Phi) is 14.1. The molecule has 0 rings (SSSR count). The minimum atomic E-state index is -1.61. The number of nitrogens with one attached hydrogen (secondary N) is 3. The van der Waals surface area contributed by atoms with Crippen molar-refractivity contribution in [1.29, 1.82) is 0 Å². The van der Waals surface area contributed by atoms with Gasteiger partial charge in [-0.2, -0.15) is 24.4 Å². The maximum absolute atomic E-state index is 12.5. The van der Waals surface area contributed by atoms with Crippen LogP contribution < -0.4 is 21.7 Å². The van der Waals surface area contributed by atoms with Gasteiger partial charge in [0.15, 0.2) is 0 Å². The van der Waals surface area contributed by atoms with E-state index in [-0.39, 0.29) is 18.6 Å². The molecule has 0 fully saturated rings. The van der Waals surface area contributed by atoms with E-state index in [4.69, 9.17) is 15.9 Å². The Morgan fingerprint density at radius 2 is 1.38 bits per heavy atom. The van der Waals surface area contributed by atoms with E-state index in [0.29, 0.717) is 5.75 Å². The first-order chi connectivity index (χ1) is 14.9. The molecule has 8 N–H and O–H groups in total. The summed E-state index contributed by atoms with van der Waals surface area (Å²) in [6.45, 7) is 0. The van der Waals surface area contributed by atoms with Gasteiger partial charge in [-0.3, -0.25) is 24.0 Å². The summed E-state index contributed by atoms with van der Waals surface area (Å²) in [5, 5.41) is 33.5. The number of carbonyl (C=O) groups is 6. The van der Waals surface area contributed by atoms with E-state index >= 15 is 0 Å². The molecule has 0 saturated carbocycles. The van der Waals surface area contributed by atoms with Gasteiger partial charge >= 0.3 is 17.9 Å². The summed E-state index contributed by atoms with van der Waals surface area (Å²) < 4.78 is 0. The van der Waals surface area contributed by atoms with Gasteiger partial charge in [0, 0.05) is 12.2 Å². The number of thiol groups is 1. The van der Waals surface area contributed by atoms with E-state index in [0.717, 1.165) is 0 Å². The SMILES string of the molecule is CSCCC(NC(=O)C(CS)NC(=O)C(CC(=O)O)NC(=O)C(N)CCC(=O)O)C(=O)O. The predicted octanol–water partition coefficient (Wildman–Crippen LogP) is -2.12. The maximum atomic E-state index is 12.5. The maximum Gasteiger partial charge on any atom is 0.326 e. The lowest BCUT2D eigenvalue weighted by Gasteiger charge is -2.23. The Balaban J connectivity index is 5.20. The normalized spacial score (nSPS) is 14.3. The van der Waals surface area contributed by atoms with E-state index in [9.17, 15) is 33.9 Å². The van der Waals surface area contributed by atoms with Crippen LogP contribution >= 0.6 is 24.4 Å². The predicted molar refractivity (Wildman–Crippen MR) is 117 cm³/mol. The van der Waals surface area contributed by atoms with Crippen LogP contribution in [0.1, 0.15) is 25.7 Å². The number of nitrogens with two attached hydrogens (primary N) is 1. The highest BCUT2D eigenvalue weighted by Gasteiger charge is 2.30. The number of carboxylic acid groups (broad SMARTS) is 3. The van der Waals surface area contributed by atoms with Crippen LogP contribution in [0.25, 0.3) is 0 Å². The zero-order valence-corrected chi connectivity index (χ0v) is 19.0. The largest absolute Gasteiger partial charge is 0.481 e. The van der Waals surface area contributed by atoms with Crippen molar-refractivity contribution in [3.63, 3.8) is 0 Å². The Bertz CT molecular complexity index is 708. The number of aliphatic carboxylic acids is 3. The Morgan fingerprint density at radius 1 is 0.844 bits per heavy atom. The number of amides is 3. The molecule has 0 radical (unpaired) electrons. The summed E-state index contributed by atoms with van der Waals surface area (Å²) >= 11 is 5.34. The lowest BCUT2D eigenvalue weighted by molar-refractivity contribution is -0.143. The first-order valence-corrected chi connectivity index (χ1v) is 11.4. The average molecular weight is 497 g/mol. The highest BCUT2D eigenvalue weighted by molar-refractivity contribution is 7.98. The fraction of sp³-hybridized carbons (Fsp3) is 0.647. The number of thioether (sulfide) groups is 1. The van der Waals surface area contributed by atoms with Crippen molar-refractivity contribution >= 4 is 60.0 Å². The van der Waals surface area contributed by atoms with Crippen molar-refractivity contribution in [1.82, 2.24) is 16.0 Å². The number of hydrogen-bond acceptors (Lipinski definition) is 9. The third-order valence-electron chi connectivity index (χ3n) is 4.06. The molecule has 4 atom stereocenters. The van der Waals surface area contributed by atoms with Crippen LogP contribution in [0.5, 0.6) is 0 Å². The molecule has 0 aromatic heterocycles. The molecule has 182 valence electrons. The van der Waals surface area contributed by atoms with Crippen molar-refractivity contribution in [2.45, 2.75) is 49.9 Å². The molecule has 0 heterocycles. The molecule has 4 unspecified atom stereocenters. The van der Waals surface area contributed by atoms with E-state index < -0.39 is 72.6 Å². The van der Waals surface area contributed by atoms with Crippen LogP contribution in [0.15, 0.2) is 0 Å². The van der Waals surface area contributed by atoms with Crippen LogP contribution in [0.2, 0.25) is 0 Å². The summed E-state index contributed by atoms with van der Waals surface area (Å²) in [6.07, 6.45) is 0.420. The molecule has 0 saturated heterocycles. The molecule has 0 aromatic carbocycles. The second-order valence-electron chi connectivity index (χ2n) is 6.62. The molecule has 0 aliphatic heterocycles. The molecule has 0 aliphatic carbocycles. The second-order valence-corrected chi connectivity index (χ2v) is 7.97. The number of carbonyl (C=O) groups excluding carboxylic acids is 3. The first kappa shape index (κ1) is 29.5. The van der Waals surface area contributed by atoms with E-state index in [1.165, 1.54) is 11.8 Å². The molecule has 13 nitrogen and oxygen atoms in total. The highest BCUT2D eigenvalue weighted by atomic mass is 32.2. The minimum Gasteiger partial charge on any atom is -0.481 e. The van der Waals surface area contributed by atoms with Crippen molar-refractivity contribution < 1.29 is 44.1 Å². The Morgan fingerprint density at radius 3 is 1.84 bits per heavy atom. The molecular weight excluding hydrogens is 468 g/mol. The molecule has 0 spiro atoms. The van der Waals surface area contributed by atoms with E-state index in [1.807, 2.05) is 0 Å². The fourth-order valence-corrected chi connectivity index (χ4v) is 3.03. The van der Waals surface area contributed by atoms with Gasteiger partial charge in [0.1, 0.15) is 18.1 Å². The highest BCUT2D eigenvalue weighted by Crippen LogP contribution is 2.03. The van der Waals surface area contributed by atoms with Crippen LogP contribution in [0.4, 0.5) is 0 Å². The molecule has 0 aromatic rings. The monoisotopic (exact) mass is 496 g/mol. The van der Waals surface area contributed by atoms with E-state index in [2.05, 4.69) is 28.6 Å². The summed E-state index contributed by atoms with van der Waals surface area (Å²) in [5.41, 5.74) is 5.56. The van der Waals surface area contributed by atoms with Crippen LogP contribution in [0, 0.1) is 0 Å². The smallest absolute Gasteiger partial charge is 0.326 e. The van der Waals surface area contributed by atoms with Crippen molar-refractivity contribution in [3.8, 4) is 0 Å². The summed E-state index contributed by atoms with van der Waals surface area (Å²) in [4.78, 5) is 70.0. The zero-order valence-electron chi connectivity index (χ0n) is 17.3. The van der Waals surface area contributed by atoms with Crippen molar-refractivity contribution in [2.75, 3.05) is 17.8 Å². The first-order valence-electron chi connectivity index (χ1n) is 9.35. The lowest BCUT2D eigenvalue weighted by Crippen LogP contribution is -2.58. The Hall–Kier alpha value is -2.52. The molecule has 32 heavy (non-hydrogen) atoms. The number of rotatable bonds is 16. The quantitative estimate of drug-likeness (QED) is 0.108. The summed E-state index contributed by atoms with van der Waals surface area (Å²) in [5.74, 6) is -6.47. The topological polar surface area (TPSA) is 225 Å². The van der Waals surface area contributed by atoms with Gasteiger partial charge in [-0.05, 0) is 24.9 Å². The van der Waals surface area contributed by atoms with E-state index in [1.54, 1.807) is 6.26 Å². The van der Waals surface area contributed by atoms with Gasteiger partial charge in [-0.1, -0.05) is 0 Å². The van der Waals surface area contributed by atoms with Crippen molar-refractivity contribution in [3.05, 3.63) is 0 Å². The fourth-order valence-electron chi connectivity index (χ4n) is 2.30. The van der Waals surface area contributed by atoms with Gasteiger partial charge in [-0.15, -0.1) is 0 Å². The summed E-state index contributed by atoms with van der Waals surface area (Å²) in [6, 6.07) is -5.42. The molecule has 3 amide bonds. The molecule has 15 heteroatoms. The van der Waals surface area contributed by atoms with Crippen LogP contribution in [-0.2, 0) is 28.8 Å². The standard InChI is InChI=1S/C17H28N4O9S2/c1-32-5-4-9(17(29)30)19-16(28)11(7-31)21-15(27)10(6-13(24)25)20-14(26)8(18)2-3-12(22)23/h8-11,31H,2-7,18H2,1H3,(H,19,28)(H,20,26)(H,21,27)(H,22,23)(H,24,25)(H,29,30). The van der Waals surface area contributed by atoms with Gasteiger partial charge < -0.3 is 37.0 Å². The third kappa shape index (κ3) is 11.8. The van der Waals surface area contributed by atoms with Gasteiger partial charge in [-0.25, -0.2) is 4.79 Å². The zero-order chi connectivity index (χ0) is 24.8. The second kappa shape index (κ2) is 15.3. The van der Waals surface area contributed by atoms with Crippen molar-refractivity contribution in [2.24, 2.45) is 5.73 Å². The Labute approximate surface area is 193 Å². The van der Waals surface area contributed by atoms with Gasteiger partial charge in [0.2, 0.25) is 17.7 Å². The number of carboxylic acids is 3. The molecular formula is C17H28N4O9S2. The third-order valence-corrected chi connectivity index (χ3v) is 5.07. The van der Waals surface area contributed by atoms with Gasteiger partial charge in [0.05, 0.1) is 12.5 Å². The molecule has 0 aliphatic rings. The lowest BCUT2D eigenvalue weighted by atomic mass is 10.1. The minimum absolute atomic E-state index is 0.140. The molecule has 0 bridgehead atoms. The summed E-state index contributed by atoms with van der Waals surface area (Å²) in [7, 11) is 0. The van der Waals surface area contributed by atoms with Gasteiger partial charge in [0.25, 0.3) is 0 Å². The number of hydrogen-bond donors (Lipinski definition) is 8. The van der Waals surface area contributed by atoms with Crippen LogP contribution in [-0.4, -0.2) is 92.9 Å².